The minimum absolute atomic E-state index is 0.0844. The molecule has 2 heterocycles. The van der Waals surface area contributed by atoms with E-state index in [4.69, 9.17) is 9.84 Å². The zero-order valence-electron chi connectivity index (χ0n) is 28.3. The van der Waals surface area contributed by atoms with Crippen LogP contribution in [0.1, 0.15) is 54.9 Å². The number of aryl methyl sites for hydroxylation is 1. The maximum Gasteiger partial charge on any atom is 0.331 e. The largest absolute Gasteiger partial charge is 0.481 e. The van der Waals surface area contributed by atoms with Crippen molar-refractivity contribution >= 4 is 28.7 Å². The first-order valence-electron chi connectivity index (χ1n) is 17.0. The van der Waals surface area contributed by atoms with Gasteiger partial charge < -0.3 is 24.7 Å². The number of amides is 1. The van der Waals surface area contributed by atoms with Crippen LogP contribution < -0.4 is 11.2 Å². The Morgan fingerprint density at radius 1 is 0.820 bits per heavy atom. The molecule has 12 heteroatoms. The summed E-state index contributed by atoms with van der Waals surface area (Å²) in [7, 11) is 1.41. The van der Waals surface area contributed by atoms with E-state index in [0.717, 1.165) is 59.5 Å². The number of fused-ring (bicyclic) bond motifs is 1. The Balaban J connectivity index is 1.24. The summed E-state index contributed by atoms with van der Waals surface area (Å²) in [5.41, 5.74) is 1.41. The maximum absolute atomic E-state index is 13.7. The lowest BCUT2D eigenvalue weighted by Gasteiger charge is -2.34. The van der Waals surface area contributed by atoms with Gasteiger partial charge in [-0.05, 0) is 55.0 Å². The molecule has 1 aliphatic rings. The number of carboxylic acid groups (broad SMARTS) is 2. The fourth-order valence-corrected chi connectivity index (χ4v) is 6.51. The second-order valence-corrected chi connectivity index (χ2v) is 12.8. The Morgan fingerprint density at radius 3 is 2.04 bits per heavy atom. The maximum atomic E-state index is 13.7. The molecule has 1 aromatic heterocycles. The second kappa shape index (κ2) is 17.0. The predicted octanol–water partition coefficient (Wildman–Crippen LogP) is 3.77. The number of hydrogen-bond donors (Lipinski definition) is 2. The number of likely N-dealkylation sites (tertiary alicyclic amines) is 1. The fourth-order valence-electron chi connectivity index (χ4n) is 6.51. The smallest absolute Gasteiger partial charge is 0.331 e. The standard InChI is InChI=1S/C38H44N4O8/c1-39(22-19-33(44)45)32(43)26-42-37(48)35-29(25-34(46)47)15-10-16-31(35)41(38(42)49)21-9-8-20-40-23-17-30(18-24-40)50-36(27-11-4-2-5-12-27)28-13-6-3-7-14-28/h2-7,10-16,30,36H,8-9,17-26H2,1H3,(H,44,45)(H,46,47). The number of nitrogens with zero attached hydrogens (tertiary/aromatic N) is 4. The molecule has 264 valence electrons. The number of piperidine rings is 1. The molecule has 0 saturated carbocycles. The van der Waals surface area contributed by atoms with E-state index in [1.54, 1.807) is 12.1 Å². The van der Waals surface area contributed by atoms with Gasteiger partial charge in [0.25, 0.3) is 5.56 Å². The molecule has 1 amide bonds. The van der Waals surface area contributed by atoms with Gasteiger partial charge in [0, 0.05) is 33.2 Å². The van der Waals surface area contributed by atoms with E-state index >= 15 is 0 Å². The molecule has 5 rings (SSSR count). The number of ether oxygens (including phenoxy) is 1. The van der Waals surface area contributed by atoms with E-state index in [1.165, 1.54) is 17.7 Å². The number of hydrogen-bond acceptors (Lipinski definition) is 7. The van der Waals surface area contributed by atoms with E-state index in [-0.39, 0.29) is 42.7 Å². The van der Waals surface area contributed by atoms with Crippen molar-refractivity contribution in [2.45, 2.75) is 63.8 Å². The molecule has 0 spiro atoms. The third-order valence-electron chi connectivity index (χ3n) is 9.24. The van der Waals surface area contributed by atoms with Crippen molar-refractivity contribution in [1.29, 1.82) is 0 Å². The van der Waals surface area contributed by atoms with E-state index in [0.29, 0.717) is 11.9 Å². The molecule has 2 N–H and O–H groups in total. The van der Waals surface area contributed by atoms with Gasteiger partial charge in [0.05, 0.1) is 29.8 Å². The summed E-state index contributed by atoms with van der Waals surface area (Å²) in [6.45, 7) is 2.17. The Bertz CT molecular complexity index is 1860. The van der Waals surface area contributed by atoms with Crippen molar-refractivity contribution in [3.8, 4) is 0 Å². The molecule has 0 atom stereocenters. The van der Waals surface area contributed by atoms with Crippen molar-refractivity contribution in [1.82, 2.24) is 18.9 Å². The highest BCUT2D eigenvalue weighted by atomic mass is 16.5. The van der Waals surface area contributed by atoms with Crippen LogP contribution in [-0.4, -0.2) is 86.3 Å². The highest BCUT2D eigenvalue weighted by Crippen LogP contribution is 2.30. The Labute approximate surface area is 290 Å². The molecule has 0 aliphatic carbocycles. The van der Waals surface area contributed by atoms with E-state index in [2.05, 4.69) is 29.2 Å². The van der Waals surface area contributed by atoms with Gasteiger partial charge in [-0.25, -0.2) is 4.79 Å². The Hall–Kier alpha value is -5.07. The minimum atomic E-state index is -1.13. The van der Waals surface area contributed by atoms with Gasteiger partial charge in [0.2, 0.25) is 5.91 Å². The molecule has 4 aromatic rings. The van der Waals surface area contributed by atoms with Crippen LogP contribution >= 0.6 is 0 Å². The number of aromatic nitrogens is 2. The van der Waals surface area contributed by atoms with Gasteiger partial charge in [-0.3, -0.25) is 28.3 Å². The summed E-state index contributed by atoms with van der Waals surface area (Å²) in [5, 5.41) is 18.6. The van der Waals surface area contributed by atoms with Gasteiger partial charge in [-0.15, -0.1) is 0 Å². The number of aliphatic carboxylic acids is 2. The third-order valence-corrected chi connectivity index (χ3v) is 9.24. The van der Waals surface area contributed by atoms with E-state index in [1.807, 2.05) is 36.4 Å². The number of carbonyl (C=O) groups is 3. The molecule has 1 aliphatic heterocycles. The van der Waals surface area contributed by atoms with Gasteiger partial charge >= 0.3 is 17.6 Å². The lowest BCUT2D eigenvalue weighted by molar-refractivity contribution is -0.139. The van der Waals surface area contributed by atoms with Crippen molar-refractivity contribution in [2.75, 3.05) is 33.2 Å². The van der Waals surface area contributed by atoms with Crippen LogP contribution in [-0.2, 0) is 38.6 Å². The van der Waals surface area contributed by atoms with Crippen molar-refractivity contribution in [3.05, 3.63) is 116 Å². The van der Waals surface area contributed by atoms with Crippen molar-refractivity contribution < 1.29 is 29.3 Å². The van der Waals surface area contributed by atoms with Gasteiger partial charge in [0.1, 0.15) is 12.6 Å². The highest BCUT2D eigenvalue weighted by Gasteiger charge is 2.25. The van der Waals surface area contributed by atoms with Crippen LogP contribution in [0, 0.1) is 0 Å². The summed E-state index contributed by atoms with van der Waals surface area (Å²) in [6, 6.07) is 25.3. The number of carboxylic acids is 2. The third kappa shape index (κ3) is 9.13. The normalized spacial score (nSPS) is 13.9. The molecule has 50 heavy (non-hydrogen) atoms. The van der Waals surface area contributed by atoms with Crippen LogP contribution in [0.25, 0.3) is 10.9 Å². The molecule has 3 aromatic carbocycles. The minimum Gasteiger partial charge on any atom is -0.481 e. The number of unbranched alkanes of at least 4 members (excludes halogenated alkanes) is 1. The summed E-state index contributed by atoms with van der Waals surface area (Å²) >= 11 is 0. The number of carbonyl (C=O) groups excluding carboxylic acids is 1. The van der Waals surface area contributed by atoms with Crippen LogP contribution in [0.4, 0.5) is 0 Å². The Morgan fingerprint density at radius 2 is 1.44 bits per heavy atom. The van der Waals surface area contributed by atoms with Crippen LogP contribution in [0.2, 0.25) is 0 Å². The summed E-state index contributed by atoms with van der Waals surface area (Å²) in [4.78, 5) is 66.4. The molecular weight excluding hydrogens is 640 g/mol. The zero-order valence-corrected chi connectivity index (χ0v) is 28.3. The van der Waals surface area contributed by atoms with E-state index < -0.39 is 42.1 Å². The monoisotopic (exact) mass is 684 g/mol. The quantitative estimate of drug-likeness (QED) is 0.168. The van der Waals surface area contributed by atoms with Crippen molar-refractivity contribution in [3.63, 3.8) is 0 Å². The second-order valence-electron chi connectivity index (χ2n) is 12.8. The van der Waals surface area contributed by atoms with Gasteiger partial charge in [-0.2, -0.15) is 0 Å². The lowest BCUT2D eigenvalue weighted by Crippen LogP contribution is -2.45. The summed E-state index contributed by atoms with van der Waals surface area (Å²) in [6.07, 6.45) is 2.46. The molecule has 0 radical (unpaired) electrons. The molecule has 0 unspecified atom stereocenters. The van der Waals surface area contributed by atoms with Crippen LogP contribution in [0.3, 0.4) is 0 Å². The highest BCUT2D eigenvalue weighted by molar-refractivity contribution is 5.86. The SMILES string of the molecule is CN(CCC(=O)O)C(=O)Cn1c(=O)c2c(CC(=O)O)cccc2n(CCCCN2CCC(OC(c3ccccc3)c3ccccc3)CC2)c1=O. The average molecular weight is 685 g/mol. The molecule has 12 nitrogen and oxygen atoms in total. The first-order chi connectivity index (χ1) is 24.1. The number of benzene rings is 3. The first kappa shape index (κ1) is 36.2. The molecule has 0 bridgehead atoms. The van der Waals surface area contributed by atoms with Gasteiger partial charge in [0.15, 0.2) is 0 Å². The average Bonchev–Trinajstić information content (AvgIpc) is 3.11. The lowest BCUT2D eigenvalue weighted by atomic mass is 10.00. The van der Waals surface area contributed by atoms with Crippen molar-refractivity contribution in [2.24, 2.45) is 0 Å². The molecular formula is C38H44N4O8. The molecule has 1 fully saturated rings. The predicted molar refractivity (Wildman–Crippen MR) is 188 cm³/mol. The van der Waals surface area contributed by atoms with Crippen LogP contribution in [0.5, 0.6) is 0 Å². The Kier molecular flexibility index (Phi) is 12.3. The summed E-state index contributed by atoms with van der Waals surface area (Å²) in [5.74, 6) is -2.81. The zero-order chi connectivity index (χ0) is 35.6. The topological polar surface area (TPSA) is 151 Å². The molecule has 1 saturated heterocycles. The van der Waals surface area contributed by atoms with Crippen LogP contribution in [0.15, 0.2) is 88.5 Å². The number of rotatable bonds is 16. The first-order valence-corrected chi connectivity index (χ1v) is 17.0. The van der Waals surface area contributed by atoms with E-state index in [9.17, 15) is 29.1 Å². The van der Waals surface area contributed by atoms with Gasteiger partial charge in [-0.1, -0.05) is 72.8 Å². The fraction of sp³-hybridized carbons (Fsp3) is 0.395. The number of likely N-dealkylation sites (N-methyl/N-ethyl adjacent to an activating group) is 1. The summed E-state index contributed by atoms with van der Waals surface area (Å²) < 4.78 is 8.96.